The number of nitrogens with zero attached hydrogens (tertiary/aromatic N) is 1. The third kappa shape index (κ3) is 4.30. The van der Waals surface area contributed by atoms with Crippen LogP contribution in [-0.2, 0) is 13.1 Å². The van der Waals surface area contributed by atoms with Crippen molar-refractivity contribution in [3.63, 3.8) is 0 Å². The van der Waals surface area contributed by atoms with Gasteiger partial charge in [0, 0.05) is 23.6 Å². The van der Waals surface area contributed by atoms with Crippen LogP contribution in [0.5, 0.6) is 11.5 Å². The Morgan fingerprint density at radius 2 is 1.71 bits per heavy atom. The SMILES string of the molecule is COc1cc2cc(CN(Cc3ccccc3)C(=O)c3ccco3)c(=O)[nH]c2cc1OC. The summed E-state index contributed by atoms with van der Waals surface area (Å²) in [5, 5.41) is 0.775. The zero-order valence-electron chi connectivity index (χ0n) is 17.3. The van der Waals surface area contributed by atoms with Crippen molar-refractivity contribution in [2.24, 2.45) is 0 Å². The minimum atomic E-state index is -0.291. The van der Waals surface area contributed by atoms with Gasteiger partial charge in [0.05, 0.1) is 32.5 Å². The number of amides is 1. The number of aromatic amines is 1. The molecular formula is C24H22N2O5. The summed E-state index contributed by atoms with van der Waals surface area (Å²) in [7, 11) is 3.10. The van der Waals surface area contributed by atoms with Gasteiger partial charge in [0.2, 0.25) is 0 Å². The van der Waals surface area contributed by atoms with Gasteiger partial charge in [-0.05, 0) is 29.8 Å². The fraction of sp³-hybridized carbons (Fsp3) is 0.167. The molecule has 4 aromatic rings. The van der Waals surface area contributed by atoms with Gasteiger partial charge in [-0.1, -0.05) is 30.3 Å². The number of H-pyrrole nitrogens is 1. The van der Waals surface area contributed by atoms with Crippen molar-refractivity contribution in [1.82, 2.24) is 9.88 Å². The Morgan fingerprint density at radius 3 is 2.39 bits per heavy atom. The van der Waals surface area contributed by atoms with Crippen LogP contribution in [0, 0.1) is 0 Å². The number of hydrogen-bond donors (Lipinski definition) is 1. The Labute approximate surface area is 178 Å². The predicted molar refractivity (Wildman–Crippen MR) is 116 cm³/mol. The van der Waals surface area contributed by atoms with Crippen LogP contribution >= 0.6 is 0 Å². The first-order chi connectivity index (χ1) is 15.1. The van der Waals surface area contributed by atoms with Gasteiger partial charge in [-0.2, -0.15) is 0 Å². The van der Waals surface area contributed by atoms with Crippen molar-refractivity contribution in [3.05, 3.63) is 94.2 Å². The Balaban J connectivity index is 1.72. The molecule has 0 unspecified atom stereocenters. The quantitative estimate of drug-likeness (QED) is 0.491. The largest absolute Gasteiger partial charge is 0.493 e. The lowest BCUT2D eigenvalue weighted by molar-refractivity contribution is 0.0697. The van der Waals surface area contributed by atoms with Crippen molar-refractivity contribution < 1.29 is 18.7 Å². The van der Waals surface area contributed by atoms with Gasteiger partial charge in [0.25, 0.3) is 11.5 Å². The molecule has 0 aliphatic rings. The maximum Gasteiger partial charge on any atom is 0.290 e. The van der Waals surface area contributed by atoms with E-state index in [0.717, 1.165) is 10.9 Å². The lowest BCUT2D eigenvalue weighted by atomic mass is 10.1. The third-order valence-electron chi connectivity index (χ3n) is 5.02. The summed E-state index contributed by atoms with van der Waals surface area (Å²) in [6, 6.07) is 18.2. The number of benzene rings is 2. The van der Waals surface area contributed by atoms with E-state index in [1.165, 1.54) is 13.4 Å². The van der Waals surface area contributed by atoms with Gasteiger partial charge in [-0.3, -0.25) is 9.59 Å². The smallest absolute Gasteiger partial charge is 0.290 e. The zero-order chi connectivity index (χ0) is 21.8. The normalized spacial score (nSPS) is 10.8. The molecule has 4 rings (SSSR count). The highest BCUT2D eigenvalue weighted by Crippen LogP contribution is 2.31. The van der Waals surface area contributed by atoms with Gasteiger partial charge in [0.1, 0.15) is 0 Å². The first kappa shape index (κ1) is 20.3. The van der Waals surface area contributed by atoms with Crippen LogP contribution in [0.15, 0.2) is 76.1 Å². The molecule has 2 aromatic carbocycles. The highest BCUT2D eigenvalue weighted by molar-refractivity contribution is 5.91. The third-order valence-corrected chi connectivity index (χ3v) is 5.02. The number of nitrogens with one attached hydrogen (secondary N) is 1. The lowest BCUT2D eigenvalue weighted by Crippen LogP contribution is -2.32. The molecule has 0 aliphatic carbocycles. The number of carbonyl (C=O) groups is 1. The number of carbonyl (C=O) groups excluding carboxylic acids is 1. The van der Waals surface area contributed by atoms with Crippen LogP contribution in [0.25, 0.3) is 10.9 Å². The summed E-state index contributed by atoms with van der Waals surface area (Å²) in [6.07, 6.45) is 1.45. The number of methoxy groups -OCH3 is 2. The van der Waals surface area contributed by atoms with Crippen molar-refractivity contribution in [3.8, 4) is 11.5 Å². The second-order valence-electron chi connectivity index (χ2n) is 7.04. The van der Waals surface area contributed by atoms with Crippen molar-refractivity contribution in [2.75, 3.05) is 14.2 Å². The molecule has 31 heavy (non-hydrogen) atoms. The van der Waals surface area contributed by atoms with E-state index in [0.29, 0.717) is 29.1 Å². The van der Waals surface area contributed by atoms with E-state index in [1.54, 1.807) is 42.3 Å². The summed E-state index contributed by atoms with van der Waals surface area (Å²) in [5.74, 6) is 1.01. The molecule has 0 radical (unpaired) electrons. The maximum atomic E-state index is 13.1. The molecule has 2 heterocycles. The van der Waals surface area contributed by atoms with Gasteiger partial charge in [-0.25, -0.2) is 0 Å². The van der Waals surface area contributed by atoms with E-state index < -0.39 is 0 Å². The fourth-order valence-electron chi connectivity index (χ4n) is 3.46. The number of furan rings is 1. The van der Waals surface area contributed by atoms with Crippen molar-refractivity contribution in [1.29, 1.82) is 0 Å². The Morgan fingerprint density at radius 1 is 0.968 bits per heavy atom. The average molecular weight is 418 g/mol. The molecular weight excluding hydrogens is 396 g/mol. The zero-order valence-corrected chi connectivity index (χ0v) is 17.3. The van der Waals surface area contributed by atoms with Crippen molar-refractivity contribution in [2.45, 2.75) is 13.1 Å². The standard InChI is InChI=1S/C24H22N2O5/c1-29-21-12-17-11-18(23(27)25-19(17)13-22(21)30-2)15-26(14-16-7-4-3-5-8-16)24(28)20-9-6-10-31-20/h3-13H,14-15H2,1-2H3,(H,25,27). The van der Waals surface area contributed by atoms with Gasteiger partial charge in [0.15, 0.2) is 17.3 Å². The fourth-order valence-corrected chi connectivity index (χ4v) is 3.46. The molecule has 7 heteroatoms. The molecule has 0 bridgehead atoms. The number of rotatable bonds is 7. The van der Waals surface area contributed by atoms with E-state index >= 15 is 0 Å². The number of fused-ring (bicyclic) bond motifs is 1. The highest BCUT2D eigenvalue weighted by atomic mass is 16.5. The van der Waals surface area contributed by atoms with E-state index in [2.05, 4.69) is 4.98 Å². The molecule has 0 spiro atoms. The molecule has 0 saturated heterocycles. The molecule has 2 aromatic heterocycles. The number of hydrogen-bond acceptors (Lipinski definition) is 5. The first-order valence-corrected chi connectivity index (χ1v) is 9.73. The molecule has 158 valence electrons. The Hall–Kier alpha value is -4.00. The molecule has 0 fully saturated rings. The molecule has 7 nitrogen and oxygen atoms in total. The summed E-state index contributed by atoms with van der Waals surface area (Å²) in [5.41, 5.74) is 1.75. The molecule has 0 saturated carbocycles. The van der Waals surface area contributed by atoms with E-state index in [9.17, 15) is 9.59 Å². The van der Waals surface area contributed by atoms with Gasteiger partial charge in [-0.15, -0.1) is 0 Å². The van der Waals surface area contributed by atoms with Crippen LogP contribution < -0.4 is 15.0 Å². The van der Waals surface area contributed by atoms with Crippen LogP contribution in [-0.4, -0.2) is 30.0 Å². The summed E-state index contributed by atoms with van der Waals surface area (Å²) < 4.78 is 16.0. The van der Waals surface area contributed by atoms with E-state index in [4.69, 9.17) is 13.9 Å². The van der Waals surface area contributed by atoms with E-state index in [-0.39, 0.29) is 23.8 Å². The average Bonchev–Trinajstić information content (AvgIpc) is 3.33. The molecule has 0 atom stereocenters. The van der Waals surface area contributed by atoms with Gasteiger partial charge < -0.3 is 23.8 Å². The minimum absolute atomic E-state index is 0.119. The second-order valence-corrected chi connectivity index (χ2v) is 7.04. The lowest BCUT2D eigenvalue weighted by Gasteiger charge is -2.22. The second kappa shape index (κ2) is 8.79. The predicted octanol–water partition coefficient (Wildman–Crippen LogP) is 3.98. The number of ether oxygens (including phenoxy) is 2. The Bertz CT molecular complexity index is 1250. The summed E-state index contributed by atoms with van der Waals surface area (Å²) >= 11 is 0. The number of pyridine rings is 1. The topological polar surface area (TPSA) is 84.8 Å². The molecule has 1 N–H and O–H groups in total. The molecule has 0 aliphatic heterocycles. The summed E-state index contributed by atoms with van der Waals surface area (Å²) in [4.78, 5) is 30.3. The van der Waals surface area contributed by atoms with Crippen LogP contribution in [0.3, 0.4) is 0 Å². The van der Waals surface area contributed by atoms with E-state index in [1.807, 2.05) is 30.3 Å². The van der Waals surface area contributed by atoms with Crippen LogP contribution in [0.2, 0.25) is 0 Å². The monoisotopic (exact) mass is 418 g/mol. The number of aromatic nitrogens is 1. The summed E-state index contributed by atoms with van der Waals surface area (Å²) in [6.45, 7) is 0.456. The maximum absolute atomic E-state index is 13.1. The Kier molecular flexibility index (Phi) is 5.75. The minimum Gasteiger partial charge on any atom is -0.493 e. The van der Waals surface area contributed by atoms with Crippen LogP contribution in [0.1, 0.15) is 21.7 Å². The first-order valence-electron chi connectivity index (χ1n) is 9.73. The van der Waals surface area contributed by atoms with Crippen molar-refractivity contribution >= 4 is 16.8 Å². The van der Waals surface area contributed by atoms with Crippen LogP contribution in [0.4, 0.5) is 0 Å². The molecule has 1 amide bonds. The van der Waals surface area contributed by atoms with Gasteiger partial charge >= 0.3 is 0 Å². The highest BCUT2D eigenvalue weighted by Gasteiger charge is 2.21.